The Bertz CT molecular complexity index is 2820. The molecule has 404 valence electrons. The standard InChI is InChI=1S/C50H62N6O2.2CHF3O3S/c1-33(17-13-19-35(3)21-23-39-37(5)47(57)45(29-49(39,7)8)55-27-25-41(51)43(53)31-55)15-11-12-16-34(2)18-14-20-36(4)22-24-40-38(6)48(58)46(30-50(40,9)10)56-28-26-42(52)44(54)32-56;2*2-1(3,4)8(5,6)7/h11-28,31-32,45-46,51-52H,29-30,53-54H2,1-10H3;2*(H,5,6,7)/b12-11+,17-13+,18-14+,23-21+,24-22+,33-15+,34-16+,35-19+,36-20+;;. The van der Waals surface area contributed by atoms with Crippen LogP contribution in [0.5, 0.6) is 0 Å². The van der Waals surface area contributed by atoms with E-state index in [-0.39, 0.29) is 34.5 Å². The second kappa shape index (κ2) is 25.6. The maximum atomic E-state index is 13.4. The highest BCUT2D eigenvalue weighted by Crippen LogP contribution is 2.44. The van der Waals surface area contributed by atoms with Gasteiger partial charge in [0.1, 0.15) is 11.4 Å². The van der Waals surface area contributed by atoms with Crippen molar-refractivity contribution in [3.05, 3.63) is 167 Å². The lowest BCUT2D eigenvalue weighted by Crippen LogP contribution is -2.48. The Balaban J connectivity index is 0.00000101. The number of allylic oxidation sites excluding steroid dienone is 22. The molecule has 4 rings (SSSR count). The minimum Gasteiger partial charge on any atom is -0.741 e. The van der Waals surface area contributed by atoms with Crippen LogP contribution in [0.3, 0.4) is 0 Å². The van der Waals surface area contributed by atoms with Gasteiger partial charge in [-0.05, 0) is 63.5 Å². The van der Waals surface area contributed by atoms with Crippen LogP contribution in [0.2, 0.25) is 0 Å². The summed E-state index contributed by atoms with van der Waals surface area (Å²) in [5, 5.41) is 0. The third-order valence-corrected chi connectivity index (χ3v) is 12.8. The van der Waals surface area contributed by atoms with Gasteiger partial charge in [-0.25, -0.2) is 16.8 Å². The molecule has 8 N–H and O–H groups in total. The second-order valence-corrected chi connectivity index (χ2v) is 21.6. The van der Waals surface area contributed by atoms with E-state index in [0.717, 1.165) is 44.6 Å². The van der Waals surface area contributed by atoms with Crippen molar-refractivity contribution in [1.29, 1.82) is 0 Å². The molecule has 2 aromatic rings. The Hall–Kier alpha value is -6.62. The number of nitrogen functional groups attached to an aromatic ring is 4. The summed E-state index contributed by atoms with van der Waals surface area (Å²) in [6.07, 6.45) is 37.4. The molecule has 0 aliphatic heterocycles. The van der Waals surface area contributed by atoms with Gasteiger partial charge < -0.3 is 32.0 Å². The maximum absolute atomic E-state index is 13.4. The molecule has 0 bridgehead atoms. The molecule has 2 atom stereocenters. The van der Waals surface area contributed by atoms with E-state index in [9.17, 15) is 35.9 Å². The van der Waals surface area contributed by atoms with Crippen LogP contribution in [-0.4, -0.2) is 48.5 Å². The van der Waals surface area contributed by atoms with Gasteiger partial charge in [0.15, 0.2) is 45.0 Å². The summed E-state index contributed by atoms with van der Waals surface area (Å²) >= 11 is 0. The number of nitrogens with zero attached hydrogens (tertiary/aromatic N) is 2. The van der Waals surface area contributed by atoms with E-state index in [2.05, 4.69) is 116 Å². The Kier molecular flexibility index (Phi) is 21.9. The zero-order chi connectivity index (χ0) is 56.9. The summed E-state index contributed by atoms with van der Waals surface area (Å²) in [4.78, 5) is 26.9. The lowest BCUT2D eigenvalue weighted by molar-refractivity contribution is -0.710. The van der Waals surface area contributed by atoms with Crippen LogP contribution in [0.15, 0.2) is 167 Å². The van der Waals surface area contributed by atoms with Crippen molar-refractivity contribution in [3.63, 3.8) is 0 Å². The summed E-state index contributed by atoms with van der Waals surface area (Å²) in [6.45, 7) is 20.8. The molecule has 2 aliphatic carbocycles. The van der Waals surface area contributed by atoms with Gasteiger partial charge in [0.2, 0.25) is 23.7 Å². The van der Waals surface area contributed by atoms with Crippen LogP contribution >= 0.6 is 0 Å². The summed E-state index contributed by atoms with van der Waals surface area (Å²) in [7, 11) is -12.2. The predicted octanol–water partition coefficient (Wildman–Crippen LogP) is 9.67. The van der Waals surface area contributed by atoms with Crippen molar-refractivity contribution < 1.29 is 71.0 Å². The van der Waals surface area contributed by atoms with Crippen LogP contribution in [0.25, 0.3) is 0 Å². The molecule has 0 saturated carbocycles. The van der Waals surface area contributed by atoms with E-state index in [0.29, 0.717) is 35.6 Å². The predicted molar refractivity (Wildman–Crippen MR) is 273 cm³/mol. The van der Waals surface area contributed by atoms with Crippen LogP contribution in [0.1, 0.15) is 94.2 Å². The quantitative estimate of drug-likeness (QED) is 0.0509. The minimum absolute atomic E-state index is 0.101. The Morgan fingerprint density at radius 2 is 0.824 bits per heavy atom. The Labute approximate surface area is 429 Å². The van der Waals surface area contributed by atoms with Crippen molar-refractivity contribution in [3.8, 4) is 0 Å². The fourth-order valence-corrected chi connectivity index (χ4v) is 7.57. The van der Waals surface area contributed by atoms with Crippen LogP contribution in [0, 0.1) is 10.8 Å². The highest BCUT2D eigenvalue weighted by Gasteiger charge is 2.44. The molecule has 74 heavy (non-hydrogen) atoms. The van der Waals surface area contributed by atoms with Gasteiger partial charge in [0.05, 0.1) is 11.4 Å². The SMILES string of the molecule is CC1=C(/C=C/C(C)=C/C=C/C(C)=C/C=C/C=C(C)/C=C/C=C(C)/C=C/C2=C(C)C(=O)C([n+]3ccc(N)c(N)c3)CC2(C)C)C(C)(C)CC([n+]2ccc(N)c(N)c2)C1=O.O=S(=O)([O-])C(F)(F)F.O=S(=O)([O-])C(F)(F)F. The zero-order valence-corrected chi connectivity index (χ0v) is 44.3. The van der Waals surface area contributed by atoms with Gasteiger partial charge in [0.25, 0.3) is 0 Å². The van der Waals surface area contributed by atoms with E-state index in [1.807, 2.05) is 59.7 Å². The third kappa shape index (κ3) is 18.7. The number of alkyl halides is 6. The van der Waals surface area contributed by atoms with Crippen LogP contribution in [-0.2, 0) is 29.8 Å². The molecular formula is C52H64F6N6O8S2. The van der Waals surface area contributed by atoms with Gasteiger partial charge in [0, 0.05) is 36.1 Å². The number of ketones is 2. The Morgan fingerprint density at radius 3 is 1.09 bits per heavy atom. The number of hydrogen-bond acceptors (Lipinski definition) is 12. The molecule has 0 radical (unpaired) electrons. The largest absolute Gasteiger partial charge is 0.741 e. The number of anilines is 4. The maximum Gasteiger partial charge on any atom is 0.485 e. The molecule has 2 aliphatic rings. The van der Waals surface area contributed by atoms with Crippen molar-refractivity contribution in [2.24, 2.45) is 10.8 Å². The monoisotopic (exact) mass is 1080 g/mol. The molecule has 0 fully saturated rings. The zero-order valence-electron chi connectivity index (χ0n) is 42.7. The molecule has 2 unspecified atom stereocenters. The third-order valence-electron chi connectivity index (χ3n) is 11.7. The summed E-state index contributed by atoms with van der Waals surface area (Å²) in [6, 6.07) is 2.87. The minimum atomic E-state index is -6.09. The fourth-order valence-electron chi connectivity index (χ4n) is 7.57. The van der Waals surface area contributed by atoms with Crippen molar-refractivity contribution in [2.75, 3.05) is 22.9 Å². The first-order valence-corrected chi connectivity index (χ1v) is 25.3. The number of halogens is 6. The molecule has 2 aromatic heterocycles. The lowest BCUT2D eigenvalue weighted by Gasteiger charge is -2.34. The first kappa shape index (κ1) is 63.5. The molecule has 0 saturated heterocycles. The number of carbonyl (C=O) groups is 2. The van der Waals surface area contributed by atoms with Crippen molar-refractivity contribution in [2.45, 2.75) is 105 Å². The summed E-state index contributed by atoms with van der Waals surface area (Å²) in [5.74, 6) is 0.203. The molecule has 22 heteroatoms. The van der Waals surface area contributed by atoms with Crippen molar-refractivity contribution >= 4 is 54.6 Å². The van der Waals surface area contributed by atoms with E-state index < -0.39 is 31.3 Å². The average Bonchev–Trinajstić information content (AvgIpc) is 3.26. The van der Waals surface area contributed by atoms with Crippen LogP contribution < -0.4 is 32.1 Å². The van der Waals surface area contributed by atoms with Gasteiger partial charge >= 0.3 is 11.0 Å². The number of carbonyl (C=O) groups excluding carboxylic acids is 2. The van der Waals surface area contributed by atoms with Gasteiger partial charge in [-0.3, -0.25) is 9.59 Å². The molecular weight excluding hydrogens is 1010 g/mol. The molecule has 0 amide bonds. The molecule has 0 spiro atoms. The van der Waals surface area contributed by atoms with E-state index >= 15 is 0 Å². The number of rotatable bonds is 12. The molecule has 14 nitrogen and oxygen atoms in total. The highest BCUT2D eigenvalue weighted by molar-refractivity contribution is 7.86. The number of aromatic nitrogens is 2. The second-order valence-electron chi connectivity index (χ2n) is 18.8. The van der Waals surface area contributed by atoms with E-state index in [1.165, 1.54) is 0 Å². The first-order chi connectivity index (χ1) is 33.7. The fraction of sp³-hybridized carbons (Fsp3) is 0.346. The normalized spacial score (nSPS) is 19.8. The van der Waals surface area contributed by atoms with Gasteiger partial charge in [-0.2, -0.15) is 35.5 Å². The van der Waals surface area contributed by atoms with Gasteiger partial charge in [-0.15, -0.1) is 0 Å². The van der Waals surface area contributed by atoms with E-state index in [1.54, 1.807) is 24.5 Å². The average molecular weight is 1080 g/mol. The number of hydrogen-bond donors (Lipinski definition) is 4. The van der Waals surface area contributed by atoms with Gasteiger partial charge in [-0.1, -0.05) is 135 Å². The number of Topliss-reactive ketones (excluding diaryl/α,β-unsaturated/α-hetero) is 2. The number of pyridine rings is 2. The lowest BCUT2D eigenvalue weighted by atomic mass is 9.70. The smallest absolute Gasteiger partial charge is 0.485 e. The number of nitrogens with two attached hydrogens (primary N) is 4. The highest BCUT2D eigenvalue weighted by atomic mass is 32.2. The molecule has 2 heterocycles. The summed E-state index contributed by atoms with van der Waals surface area (Å²) < 4.78 is 122. The molecule has 0 aromatic carbocycles. The summed E-state index contributed by atoms with van der Waals surface area (Å²) in [5.41, 5.74) is 22.2. The van der Waals surface area contributed by atoms with Crippen molar-refractivity contribution in [1.82, 2.24) is 0 Å². The first-order valence-electron chi connectivity index (χ1n) is 22.5. The van der Waals surface area contributed by atoms with E-state index in [4.69, 9.17) is 48.9 Å². The topological polar surface area (TPSA) is 260 Å². The van der Waals surface area contributed by atoms with Crippen LogP contribution in [0.4, 0.5) is 49.1 Å². The Morgan fingerprint density at radius 1 is 0.554 bits per heavy atom.